The maximum absolute atomic E-state index is 11.9. The summed E-state index contributed by atoms with van der Waals surface area (Å²) < 4.78 is 0. The zero-order chi connectivity index (χ0) is 15.9. The van der Waals surface area contributed by atoms with E-state index < -0.39 is 5.60 Å². The number of aliphatic hydroxyl groups is 1. The molecule has 1 rings (SSSR count). The van der Waals surface area contributed by atoms with Crippen LogP contribution in [0.2, 0.25) is 0 Å². The van der Waals surface area contributed by atoms with Crippen molar-refractivity contribution in [2.45, 2.75) is 39.3 Å². The first-order valence-electron chi connectivity index (χ1n) is 7.37. The maximum atomic E-state index is 11.9. The van der Waals surface area contributed by atoms with Crippen LogP contribution in [0.25, 0.3) is 0 Å². The van der Waals surface area contributed by atoms with Crippen molar-refractivity contribution in [3.63, 3.8) is 0 Å². The van der Waals surface area contributed by atoms with Gasteiger partial charge in [0.15, 0.2) is 0 Å². The lowest BCUT2D eigenvalue weighted by Gasteiger charge is -2.27. The second-order valence-electron chi connectivity index (χ2n) is 5.88. The molecule has 5 nitrogen and oxygen atoms in total. The van der Waals surface area contributed by atoms with Crippen LogP contribution in [-0.4, -0.2) is 41.1 Å². The minimum atomic E-state index is -0.745. The zero-order valence-electron chi connectivity index (χ0n) is 13.2. The first-order valence-corrected chi connectivity index (χ1v) is 7.37. The summed E-state index contributed by atoms with van der Waals surface area (Å²) in [5, 5.41) is 12.7. The van der Waals surface area contributed by atoms with E-state index in [2.05, 4.69) is 10.2 Å². The molecule has 1 amide bonds. The predicted octanol–water partition coefficient (Wildman–Crippen LogP) is 1.57. The zero-order valence-corrected chi connectivity index (χ0v) is 13.2. The quantitative estimate of drug-likeness (QED) is 0.680. The summed E-state index contributed by atoms with van der Waals surface area (Å²) in [5.41, 5.74) is 6.61. The number of amides is 1. The molecule has 0 radical (unpaired) electrons. The Morgan fingerprint density at radius 1 is 1.33 bits per heavy atom. The molecule has 0 aromatic heterocycles. The molecule has 0 aliphatic heterocycles. The van der Waals surface area contributed by atoms with Crippen LogP contribution in [0.4, 0.5) is 5.69 Å². The minimum absolute atomic E-state index is 0.0234. The highest BCUT2D eigenvalue weighted by molar-refractivity contribution is 5.90. The largest absolute Gasteiger partial charge is 0.389 e. The molecule has 0 heterocycles. The van der Waals surface area contributed by atoms with Gasteiger partial charge in [0.2, 0.25) is 5.91 Å². The molecule has 0 saturated carbocycles. The van der Waals surface area contributed by atoms with Crippen LogP contribution in [0.5, 0.6) is 0 Å². The first kappa shape index (κ1) is 17.6. The molecule has 0 unspecified atom stereocenters. The number of hydrogen-bond donors (Lipinski definition) is 3. The molecule has 21 heavy (non-hydrogen) atoms. The topological polar surface area (TPSA) is 78.6 Å². The van der Waals surface area contributed by atoms with Crippen LogP contribution in [0.3, 0.4) is 0 Å². The average molecular weight is 293 g/mol. The van der Waals surface area contributed by atoms with Crippen molar-refractivity contribution in [3.8, 4) is 0 Å². The Morgan fingerprint density at radius 3 is 2.43 bits per heavy atom. The highest BCUT2D eigenvalue weighted by Crippen LogP contribution is 2.10. The number of nitrogens with one attached hydrogen (secondary N) is 1. The first-order chi connectivity index (χ1) is 9.84. The Bertz CT molecular complexity index is 438. The molecule has 0 bridgehead atoms. The molecule has 0 spiro atoms. The fourth-order valence-corrected chi connectivity index (χ4v) is 2.10. The van der Waals surface area contributed by atoms with E-state index in [1.807, 2.05) is 31.2 Å². The van der Waals surface area contributed by atoms with E-state index in [1.54, 1.807) is 13.8 Å². The second kappa shape index (κ2) is 8.12. The van der Waals surface area contributed by atoms with Gasteiger partial charge in [-0.3, -0.25) is 4.79 Å². The van der Waals surface area contributed by atoms with Gasteiger partial charge in [-0.15, -0.1) is 0 Å². The molecule has 1 aromatic carbocycles. The normalized spacial score (nSPS) is 11.7. The molecule has 0 saturated heterocycles. The molecular weight excluding hydrogens is 266 g/mol. The summed E-state index contributed by atoms with van der Waals surface area (Å²) in [5.74, 6) is -0.0234. The van der Waals surface area contributed by atoms with Gasteiger partial charge in [0.05, 0.1) is 5.60 Å². The van der Waals surface area contributed by atoms with Crippen LogP contribution >= 0.6 is 0 Å². The van der Waals surface area contributed by atoms with Gasteiger partial charge in [0.25, 0.3) is 0 Å². The van der Waals surface area contributed by atoms with E-state index in [0.29, 0.717) is 26.1 Å². The van der Waals surface area contributed by atoms with E-state index in [9.17, 15) is 9.90 Å². The van der Waals surface area contributed by atoms with Gasteiger partial charge in [-0.1, -0.05) is 19.1 Å². The number of carbonyl (C=O) groups is 1. The summed E-state index contributed by atoms with van der Waals surface area (Å²) >= 11 is 0. The molecule has 0 atom stereocenters. The molecule has 118 valence electrons. The van der Waals surface area contributed by atoms with Crippen LogP contribution in [-0.2, 0) is 11.3 Å². The monoisotopic (exact) mass is 293 g/mol. The van der Waals surface area contributed by atoms with Crippen molar-refractivity contribution in [3.05, 3.63) is 29.8 Å². The summed E-state index contributed by atoms with van der Waals surface area (Å²) in [6.07, 6.45) is 0.405. The second-order valence-corrected chi connectivity index (χ2v) is 5.88. The molecule has 1 aromatic rings. The Balaban J connectivity index is 2.42. The average Bonchev–Trinajstić information content (AvgIpc) is 2.43. The third kappa shape index (κ3) is 7.22. The van der Waals surface area contributed by atoms with Gasteiger partial charge in [-0.25, -0.2) is 0 Å². The van der Waals surface area contributed by atoms with E-state index in [1.165, 1.54) is 0 Å². The third-order valence-electron chi connectivity index (χ3n) is 3.19. The van der Waals surface area contributed by atoms with E-state index in [-0.39, 0.29) is 5.91 Å². The fraction of sp³-hybridized carbons (Fsp3) is 0.562. The third-order valence-corrected chi connectivity index (χ3v) is 3.19. The van der Waals surface area contributed by atoms with Crippen LogP contribution in [0.15, 0.2) is 24.3 Å². The van der Waals surface area contributed by atoms with Gasteiger partial charge < -0.3 is 21.1 Å². The Kier molecular flexibility index (Phi) is 6.81. The van der Waals surface area contributed by atoms with Gasteiger partial charge in [0.1, 0.15) is 0 Å². The summed E-state index contributed by atoms with van der Waals surface area (Å²) in [7, 11) is 0. The molecule has 0 aliphatic carbocycles. The summed E-state index contributed by atoms with van der Waals surface area (Å²) in [6.45, 7) is 8.06. The molecule has 4 N–H and O–H groups in total. The van der Waals surface area contributed by atoms with Crippen molar-refractivity contribution in [1.82, 2.24) is 4.90 Å². The Labute approximate surface area is 127 Å². The van der Waals surface area contributed by atoms with E-state index in [4.69, 9.17) is 5.73 Å². The van der Waals surface area contributed by atoms with Gasteiger partial charge in [-0.05, 0) is 38.1 Å². The van der Waals surface area contributed by atoms with E-state index in [0.717, 1.165) is 17.8 Å². The highest BCUT2D eigenvalue weighted by Gasteiger charge is 2.17. The van der Waals surface area contributed by atoms with Crippen LogP contribution < -0.4 is 11.1 Å². The Hall–Kier alpha value is -1.43. The smallest absolute Gasteiger partial charge is 0.225 e. The molecule has 5 heteroatoms. The number of rotatable bonds is 8. The van der Waals surface area contributed by atoms with E-state index >= 15 is 0 Å². The number of likely N-dealkylation sites (N-methyl/N-ethyl adjacent to an activating group) is 1. The number of benzene rings is 1. The van der Waals surface area contributed by atoms with Crippen molar-refractivity contribution in [1.29, 1.82) is 0 Å². The van der Waals surface area contributed by atoms with Crippen LogP contribution in [0.1, 0.15) is 32.8 Å². The van der Waals surface area contributed by atoms with Crippen LogP contribution in [0, 0.1) is 0 Å². The predicted molar refractivity (Wildman–Crippen MR) is 86.0 cm³/mol. The fourth-order valence-electron chi connectivity index (χ4n) is 2.10. The number of nitrogens with two attached hydrogens (primary N) is 1. The number of carbonyl (C=O) groups excluding carboxylic acids is 1. The lowest BCUT2D eigenvalue weighted by Crippen LogP contribution is -2.39. The van der Waals surface area contributed by atoms with Gasteiger partial charge in [0, 0.05) is 31.7 Å². The lowest BCUT2D eigenvalue weighted by molar-refractivity contribution is -0.116. The highest BCUT2D eigenvalue weighted by atomic mass is 16.3. The minimum Gasteiger partial charge on any atom is -0.389 e. The standard InChI is InChI=1S/C16H27N3O2/c1-4-19(12-16(2,3)21)10-9-15(20)18-14-7-5-13(11-17)6-8-14/h5-8,21H,4,9-12,17H2,1-3H3,(H,18,20). The SMILES string of the molecule is CCN(CCC(=O)Nc1ccc(CN)cc1)CC(C)(C)O. The Morgan fingerprint density at radius 2 is 1.95 bits per heavy atom. The van der Waals surface area contributed by atoms with Gasteiger partial charge in [-0.2, -0.15) is 0 Å². The lowest BCUT2D eigenvalue weighted by atomic mass is 10.1. The maximum Gasteiger partial charge on any atom is 0.225 e. The van der Waals surface area contributed by atoms with Crippen molar-refractivity contribution >= 4 is 11.6 Å². The number of hydrogen-bond acceptors (Lipinski definition) is 4. The van der Waals surface area contributed by atoms with Gasteiger partial charge >= 0.3 is 0 Å². The number of nitrogens with zero attached hydrogens (tertiary/aromatic N) is 1. The molecule has 0 aliphatic rings. The van der Waals surface area contributed by atoms with Crippen molar-refractivity contribution < 1.29 is 9.90 Å². The van der Waals surface area contributed by atoms with Crippen molar-refractivity contribution in [2.75, 3.05) is 25.0 Å². The number of anilines is 1. The van der Waals surface area contributed by atoms with Crippen molar-refractivity contribution in [2.24, 2.45) is 5.73 Å². The summed E-state index contributed by atoms with van der Waals surface area (Å²) in [6, 6.07) is 7.52. The summed E-state index contributed by atoms with van der Waals surface area (Å²) in [4.78, 5) is 14.0. The molecule has 0 fully saturated rings. The molecular formula is C16H27N3O2.